The van der Waals surface area contributed by atoms with Gasteiger partial charge in [0.05, 0.1) is 11.3 Å². The van der Waals surface area contributed by atoms with E-state index in [2.05, 4.69) is 15.9 Å². The van der Waals surface area contributed by atoms with Crippen molar-refractivity contribution < 1.29 is 14.3 Å². The highest BCUT2D eigenvalue weighted by atomic mass is 79.9. The number of hydrogen-bond donors (Lipinski definition) is 1. The van der Waals surface area contributed by atoms with Crippen molar-refractivity contribution >= 4 is 73.5 Å². The molecule has 128 valence electrons. The first-order chi connectivity index (χ1) is 11.9. The van der Waals surface area contributed by atoms with Gasteiger partial charge < -0.3 is 14.4 Å². The van der Waals surface area contributed by atoms with Crippen LogP contribution in [0.4, 0.5) is 0 Å². The zero-order chi connectivity index (χ0) is 18.0. The molecule has 0 unspecified atom stereocenters. The second-order valence-electron chi connectivity index (χ2n) is 5.19. The molecular formula is C17H12BrNO3S3. The summed E-state index contributed by atoms with van der Waals surface area (Å²) < 4.78 is 7.42. The van der Waals surface area contributed by atoms with Crippen LogP contribution in [0.5, 0.6) is 0 Å². The van der Waals surface area contributed by atoms with E-state index >= 15 is 0 Å². The second kappa shape index (κ2) is 7.82. The summed E-state index contributed by atoms with van der Waals surface area (Å²) in [5, 5.41) is 8.82. The van der Waals surface area contributed by atoms with Gasteiger partial charge in [0, 0.05) is 16.6 Å². The fourth-order valence-corrected chi connectivity index (χ4v) is 4.44. The van der Waals surface area contributed by atoms with Gasteiger partial charge in [0.2, 0.25) is 0 Å². The standard InChI is InChI=1S/C17H12BrNO3S3/c18-11-3-1-2-10(8-11)13-5-4-12(22-13)9-14-16(23)19(17(24)25-14)7-6-15(20)21/h1-5,8-9H,6-7H2,(H,20,21)/b14-9+. The van der Waals surface area contributed by atoms with Crippen molar-refractivity contribution in [1.82, 2.24) is 4.90 Å². The molecule has 0 spiro atoms. The summed E-state index contributed by atoms with van der Waals surface area (Å²) in [5.41, 5.74) is 0.972. The SMILES string of the molecule is O=C(O)CCN1C(=S)S/C(=C/c2ccc(-c3cccc(Br)c3)o2)C1=S. The van der Waals surface area contributed by atoms with E-state index in [0.29, 0.717) is 15.1 Å². The molecule has 25 heavy (non-hydrogen) atoms. The lowest BCUT2D eigenvalue weighted by atomic mass is 10.2. The summed E-state index contributed by atoms with van der Waals surface area (Å²) in [5.74, 6) is 0.549. The number of aliphatic carboxylic acids is 1. The van der Waals surface area contributed by atoms with E-state index in [0.717, 1.165) is 20.7 Å². The Morgan fingerprint density at radius 3 is 2.84 bits per heavy atom. The van der Waals surface area contributed by atoms with Gasteiger partial charge in [0.25, 0.3) is 0 Å². The van der Waals surface area contributed by atoms with Crippen LogP contribution in [0.15, 0.2) is 50.2 Å². The third kappa shape index (κ3) is 4.38. The van der Waals surface area contributed by atoms with E-state index in [4.69, 9.17) is 34.0 Å². The van der Waals surface area contributed by atoms with Crippen LogP contribution in [0.1, 0.15) is 12.2 Å². The van der Waals surface area contributed by atoms with E-state index in [1.165, 1.54) is 11.8 Å². The van der Waals surface area contributed by atoms with E-state index in [1.807, 2.05) is 42.5 Å². The summed E-state index contributed by atoms with van der Waals surface area (Å²) >= 11 is 15.5. The van der Waals surface area contributed by atoms with Crippen LogP contribution in [0.25, 0.3) is 17.4 Å². The number of hydrogen-bond acceptors (Lipinski definition) is 5. The number of carboxylic acid groups (broad SMARTS) is 1. The van der Waals surface area contributed by atoms with Gasteiger partial charge in [-0.05, 0) is 30.3 Å². The van der Waals surface area contributed by atoms with Crippen LogP contribution in [-0.4, -0.2) is 31.8 Å². The van der Waals surface area contributed by atoms with Crippen LogP contribution in [0.3, 0.4) is 0 Å². The zero-order valence-electron chi connectivity index (χ0n) is 12.8. The second-order valence-corrected chi connectivity index (χ2v) is 8.17. The Bertz CT molecular complexity index is 891. The quantitative estimate of drug-likeness (QED) is 0.493. The normalized spacial score (nSPS) is 16.0. The maximum absolute atomic E-state index is 10.8. The van der Waals surface area contributed by atoms with Crippen LogP contribution >= 0.6 is 52.1 Å². The van der Waals surface area contributed by atoms with Gasteiger partial charge in [0.1, 0.15) is 20.8 Å². The Hall–Kier alpha value is -1.48. The van der Waals surface area contributed by atoms with Crippen LogP contribution < -0.4 is 0 Å². The van der Waals surface area contributed by atoms with Crippen molar-refractivity contribution in [2.75, 3.05) is 6.54 Å². The lowest BCUT2D eigenvalue weighted by Crippen LogP contribution is -2.29. The molecule has 1 N–H and O–H groups in total. The maximum atomic E-state index is 10.8. The van der Waals surface area contributed by atoms with Gasteiger partial charge in [-0.2, -0.15) is 0 Å². The van der Waals surface area contributed by atoms with Crippen molar-refractivity contribution in [3.8, 4) is 11.3 Å². The largest absolute Gasteiger partial charge is 0.481 e. The lowest BCUT2D eigenvalue weighted by molar-refractivity contribution is -0.137. The number of carbonyl (C=O) groups is 1. The van der Waals surface area contributed by atoms with Gasteiger partial charge >= 0.3 is 5.97 Å². The van der Waals surface area contributed by atoms with Gasteiger partial charge in [-0.1, -0.05) is 64.3 Å². The number of thioether (sulfide) groups is 1. The number of nitrogens with zero attached hydrogens (tertiary/aromatic N) is 1. The van der Waals surface area contributed by atoms with Gasteiger partial charge in [-0.25, -0.2) is 0 Å². The molecule has 8 heteroatoms. The first-order valence-corrected chi connectivity index (χ1v) is 9.69. The molecule has 1 aliphatic rings. The highest BCUT2D eigenvalue weighted by Crippen LogP contribution is 2.34. The van der Waals surface area contributed by atoms with Gasteiger partial charge in [-0.15, -0.1) is 0 Å². The fraction of sp³-hybridized carbons (Fsp3) is 0.118. The molecule has 1 aromatic carbocycles. The topological polar surface area (TPSA) is 53.7 Å². The predicted molar refractivity (Wildman–Crippen MR) is 112 cm³/mol. The molecule has 0 amide bonds. The summed E-state index contributed by atoms with van der Waals surface area (Å²) in [6.07, 6.45) is 1.82. The van der Waals surface area contributed by atoms with Crippen molar-refractivity contribution in [2.24, 2.45) is 0 Å². The third-order valence-corrected chi connectivity index (χ3v) is 5.89. The fourth-order valence-electron chi connectivity index (χ4n) is 2.26. The van der Waals surface area contributed by atoms with E-state index < -0.39 is 5.97 Å². The molecule has 1 aromatic heterocycles. The summed E-state index contributed by atoms with van der Waals surface area (Å²) in [6, 6.07) is 11.6. The van der Waals surface area contributed by atoms with E-state index in [9.17, 15) is 4.79 Å². The Balaban J connectivity index is 1.79. The molecule has 2 aromatic rings. The molecule has 0 bridgehead atoms. The smallest absolute Gasteiger partial charge is 0.305 e. The monoisotopic (exact) mass is 453 g/mol. The summed E-state index contributed by atoms with van der Waals surface area (Å²) in [6.45, 7) is 0.277. The minimum absolute atomic E-state index is 0.0120. The molecule has 0 saturated carbocycles. The van der Waals surface area contributed by atoms with Gasteiger partial charge in [0.15, 0.2) is 0 Å². The molecule has 0 atom stereocenters. The molecule has 1 aliphatic heterocycles. The molecule has 2 heterocycles. The zero-order valence-corrected chi connectivity index (χ0v) is 16.8. The summed E-state index contributed by atoms with van der Waals surface area (Å²) in [7, 11) is 0. The minimum Gasteiger partial charge on any atom is -0.481 e. The Morgan fingerprint density at radius 1 is 1.32 bits per heavy atom. The Kier molecular flexibility index (Phi) is 5.73. The highest BCUT2D eigenvalue weighted by molar-refractivity contribution is 9.10. The van der Waals surface area contributed by atoms with Crippen molar-refractivity contribution in [2.45, 2.75) is 6.42 Å². The number of furan rings is 1. The molecule has 4 nitrogen and oxygen atoms in total. The van der Waals surface area contributed by atoms with Crippen molar-refractivity contribution in [3.63, 3.8) is 0 Å². The summed E-state index contributed by atoms with van der Waals surface area (Å²) in [4.78, 5) is 13.8. The number of benzene rings is 1. The minimum atomic E-state index is -0.877. The van der Waals surface area contributed by atoms with Crippen molar-refractivity contribution in [1.29, 1.82) is 0 Å². The highest BCUT2D eigenvalue weighted by Gasteiger charge is 2.29. The average molecular weight is 454 g/mol. The number of halogens is 1. The molecule has 0 radical (unpaired) electrons. The molecule has 3 rings (SSSR count). The molecule has 1 saturated heterocycles. The third-order valence-electron chi connectivity index (χ3n) is 3.43. The number of thiocarbonyl (C=S) groups is 2. The molecule has 0 aliphatic carbocycles. The Labute approximate surface area is 168 Å². The molecular weight excluding hydrogens is 442 g/mol. The van der Waals surface area contributed by atoms with E-state index in [-0.39, 0.29) is 13.0 Å². The number of rotatable bonds is 5. The first kappa shape index (κ1) is 18.3. The van der Waals surface area contributed by atoms with Gasteiger partial charge in [-0.3, -0.25) is 4.79 Å². The first-order valence-electron chi connectivity index (χ1n) is 7.27. The maximum Gasteiger partial charge on any atom is 0.305 e. The molecule has 1 fully saturated rings. The Morgan fingerprint density at radius 2 is 2.12 bits per heavy atom. The van der Waals surface area contributed by atoms with E-state index in [1.54, 1.807) is 4.90 Å². The predicted octanol–water partition coefficient (Wildman–Crippen LogP) is 5.19. The van der Waals surface area contributed by atoms with Crippen molar-refractivity contribution in [3.05, 3.63) is 51.5 Å². The average Bonchev–Trinajstić information content (AvgIpc) is 3.12. The number of carboxylic acids is 1. The lowest BCUT2D eigenvalue weighted by Gasteiger charge is -2.14. The van der Waals surface area contributed by atoms with Crippen LogP contribution in [0.2, 0.25) is 0 Å². The van der Waals surface area contributed by atoms with Crippen LogP contribution in [-0.2, 0) is 4.79 Å². The van der Waals surface area contributed by atoms with Crippen LogP contribution in [0, 0.1) is 0 Å².